The van der Waals surface area contributed by atoms with Crippen molar-refractivity contribution < 1.29 is 9.90 Å². The number of hydrogen-bond donors (Lipinski definition) is 2. The van der Waals surface area contributed by atoms with Crippen LogP contribution in [-0.4, -0.2) is 35.7 Å². The van der Waals surface area contributed by atoms with Crippen molar-refractivity contribution in [2.24, 2.45) is 5.92 Å². The first-order valence-electron chi connectivity index (χ1n) is 6.02. The molecular formula is C13H17ClN2O2. The van der Waals surface area contributed by atoms with Crippen LogP contribution in [-0.2, 0) is 0 Å². The first kappa shape index (κ1) is 13.2. The Balaban J connectivity index is 1.86. The van der Waals surface area contributed by atoms with E-state index in [0.717, 1.165) is 12.8 Å². The van der Waals surface area contributed by atoms with Crippen LogP contribution in [0.5, 0.6) is 0 Å². The molecule has 0 radical (unpaired) electrons. The van der Waals surface area contributed by atoms with E-state index in [1.165, 1.54) is 4.90 Å². The van der Waals surface area contributed by atoms with Gasteiger partial charge in [0.2, 0.25) is 0 Å². The molecule has 18 heavy (non-hydrogen) atoms. The number of anilines is 1. The van der Waals surface area contributed by atoms with E-state index in [0.29, 0.717) is 23.2 Å². The van der Waals surface area contributed by atoms with Crippen molar-refractivity contribution in [2.75, 3.05) is 18.9 Å². The summed E-state index contributed by atoms with van der Waals surface area (Å²) >= 11 is 5.84. The lowest BCUT2D eigenvalue weighted by atomic mass is 10.2. The number of amides is 2. The molecule has 0 aromatic heterocycles. The minimum Gasteiger partial charge on any atom is -0.391 e. The van der Waals surface area contributed by atoms with Crippen molar-refractivity contribution in [2.45, 2.75) is 18.9 Å². The van der Waals surface area contributed by atoms with Crippen LogP contribution in [0.25, 0.3) is 0 Å². The number of halogens is 1. The summed E-state index contributed by atoms with van der Waals surface area (Å²) < 4.78 is 0. The van der Waals surface area contributed by atoms with E-state index < -0.39 is 6.10 Å². The maximum Gasteiger partial charge on any atom is 0.321 e. The largest absolute Gasteiger partial charge is 0.391 e. The summed E-state index contributed by atoms with van der Waals surface area (Å²) in [5.41, 5.74) is 0.653. The van der Waals surface area contributed by atoms with Crippen LogP contribution >= 0.6 is 11.6 Å². The SMILES string of the molecule is CN(CC(O)C1CC1)C(=O)Nc1cccc(Cl)c1. The molecule has 1 saturated carbocycles. The molecule has 1 fully saturated rings. The summed E-state index contributed by atoms with van der Waals surface area (Å²) in [7, 11) is 1.67. The minimum atomic E-state index is -0.417. The number of nitrogens with zero attached hydrogens (tertiary/aromatic N) is 1. The second kappa shape index (κ2) is 5.59. The molecule has 2 amide bonds. The molecule has 2 rings (SSSR count). The van der Waals surface area contributed by atoms with Gasteiger partial charge < -0.3 is 15.3 Å². The zero-order valence-corrected chi connectivity index (χ0v) is 11.0. The molecule has 5 heteroatoms. The van der Waals surface area contributed by atoms with E-state index in [1.807, 2.05) is 0 Å². The third-order valence-corrected chi connectivity index (χ3v) is 3.28. The summed E-state index contributed by atoms with van der Waals surface area (Å²) in [4.78, 5) is 13.4. The van der Waals surface area contributed by atoms with E-state index in [1.54, 1.807) is 31.3 Å². The molecule has 1 aliphatic rings. The van der Waals surface area contributed by atoms with Gasteiger partial charge in [-0.25, -0.2) is 4.79 Å². The zero-order chi connectivity index (χ0) is 13.1. The summed E-state index contributed by atoms with van der Waals surface area (Å²) in [5, 5.41) is 13.1. The fraction of sp³-hybridized carbons (Fsp3) is 0.462. The van der Waals surface area contributed by atoms with Gasteiger partial charge in [0.1, 0.15) is 0 Å². The topological polar surface area (TPSA) is 52.6 Å². The first-order chi connectivity index (χ1) is 8.56. The van der Waals surface area contributed by atoms with Crippen LogP contribution in [0.4, 0.5) is 10.5 Å². The Labute approximate surface area is 112 Å². The molecule has 0 aliphatic heterocycles. The number of aliphatic hydroxyl groups excluding tert-OH is 1. The number of benzene rings is 1. The van der Waals surface area contributed by atoms with E-state index in [9.17, 15) is 9.90 Å². The third kappa shape index (κ3) is 3.62. The molecule has 1 aromatic carbocycles. The summed E-state index contributed by atoms with van der Waals surface area (Å²) in [6, 6.07) is 6.74. The number of aliphatic hydroxyl groups is 1. The van der Waals surface area contributed by atoms with Crippen molar-refractivity contribution in [3.8, 4) is 0 Å². The second-order valence-corrected chi connectivity index (χ2v) is 5.16. The Morgan fingerprint density at radius 1 is 1.61 bits per heavy atom. The Kier molecular flexibility index (Phi) is 4.09. The highest BCUT2D eigenvalue weighted by Crippen LogP contribution is 2.32. The number of carbonyl (C=O) groups excluding carboxylic acids is 1. The van der Waals surface area contributed by atoms with Gasteiger partial charge in [0.05, 0.1) is 6.10 Å². The Hall–Kier alpha value is -1.26. The van der Waals surface area contributed by atoms with Gasteiger partial charge in [-0.2, -0.15) is 0 Å². The van der Waals surface area contributed by atoms with Gasteiger partial charge in [0.25, 0.3) is 0 Å². The normalized spacial score (nSPS) is 16.2. The van der Waals surface area contributed by atoms with Crippen LogP contribution < -0.4 is 5.32 Å². The molecule has 0 heterocycles. The van der Waals surface area contributed by atoms with Gasteiger partial charge in [-0.3, -0.25) is 0 Å². The van der Waals surface area contributed by atoms with Crippen LogP contribution in [0.15, 0.2) is 24.3 Å². The molecule has 0 spiro atoms. The van der Waals surface area contributed by atoms with Gasteiger partial charge in [0, 0.05) is 24.3 Å². The maximum absolute atomic E-state index is 11.9. The summed E-state index contributed by atoms with van der Waals surface area (Å²) in [6.45, 7) is 0.358. The van der Waals surface area contributed by atoms with Crippen LogP contribution in [0.1, 0.15) is 12.8 Å². The van der Waals surface area contributed by atoms with Gasteiger partial charge in [-0.1, -0.05) is 17.7 Å². The molecular weight excluding hydrogens is 252 g/mol. The predicted octanol–water partition coefficient (Wildman–Crippen LogP) is 2.57. The summed E-state index contributed by atoms with van der Waals surface area (Å²) in [5.74, 6) is 0.367. The lowest BCUT2D eigenvalue weighted by molar-refractivity contribution is 0.117. The molecule has 4 nitrogen and oxygen atoms in total. The number of hydrogen-bond acceptors (Lipinski definition) is 2. The zero-order valence-electron chi connectivity index (χ0n) is 10.3. The molecule has 1 aliphatic carbocycles. The molecule has 2 N–H and O–H groups in total. The molecule has 1 atom stereocenters. The molecule has 0 saturated heterocycles. The van der Waals surface area contributed by atoms with Gasteiger partial charge >= 0.3 is 6.03 Å². The Morgan fingerprint density at radius 3 is 2.94 bits per heavy atom. The van der Waals surface area contributed by atoms with Crippen molar-refractivity contribution in [1.82, 2.24) is 4.90 Å². The third-order valence-electron chi connectivity index (χ3n) is 3.05. The lowest BCUT2D eigenvalue weighted by Gasteiger charge is -2.21. The van der Waals surface area contributed by atoms with Crippen molar-refractivity contribution in [3.63, 3.8) is 0 Å². The number of nitrogens with one attached hydrogen (secondary N) is 1. The smallest absolute Gasteiger partial charge is 0.321 e. The van der Waals surface area contributed by atoms with Gasteiger partial charge in [-0.05, 0) is 37.0 Å². The molecule has 1 unspecified atom stereocenters. The van der Waals surface area contributed by atoms with E-state index in [2.05, 4.69) is 5.32 Å². The second-order valence-electron chi connectivity index (χ2n) is 4.73. The highest BCUT2D eigenvalue weighted by molar-refractivity contribution is 6.30. The average molecular weight is 269 g/mol. The first-order valence-corrected chi connectivity index (χ1v) is 6.40. The van der Waals surface area contributed by atoms with Crippen LogP contribution in [0.2, 0.25) is 5.02 Å². The number of carbonyl (C=O) groups is 1. The highest BCUT2D eigenvalue weighted by atomic mass is 35.5. The Morgan fingerprint density at radius 2 is 2.33 bits per heavy atom. The van der Waals surface area contributed by atoms with Crippen molar-refractivity contribution in [1.29, 1.82) is 0 Å². The Bertz CT molecular complexity index is 435. The highest BCUT2D eigenvalue weighted by Gasteiger charge is 2.31. The summed E-state index contributed by atoms with van der Waals surface area (Å²) in [6.07, 6.45) is 1.70. The van der Waals surface area contributed by atoms with Gasteiger partial charge in [-0.15, -0.1) is 0 Å². The van der Waals surface area contributed by atoms with E-state index in [4.69, 9.17) is 11.6 Å². The molecule has 98 valence electrons. The quantitative estimate of drug-likeness (QED) is 0.882. The minimum absolute atomic E-state index is 0.239. The number of urea groups is 1. The number of rotatable bonds is 4. The molecule has 0 bridgehead atoms. The van der Waals surface area contributed by atoms with Crippen molar-refractivity contribution >= 4 is 23.3 Å². The van der Waals surface area contributed by atoms with E-state index in [-0.39, 0.29) is 6.03 Å². The van der Waals surface area contributed by atoms with Crippen molar-refractivity contribution in [3.05, 3.63) is 29.3 Å². The van der Waals surface area contributed by atoms with Gasteiger partial charge in [0.15, 0.2) is 0 Å². The fourth-order valence-electron chi connectivity index (χ4n) is 1.78. The standard InChI is InChI=1S/C13H17ClN2O2/c1-16(8-12(17)9-5-6-9)13(18)15-11-4-2-3-10(14)7-11/h2-4,7,9,12,17H,5-6,8H2,1H3,(H,15,18). The average Bonchev–Trinajstić information content (AvgIpc) is 3.12. The maximum atomic E-state index is 11.9. The molecule has 1 aromatic rings. The van der Waals surface area contributed by atoms with Crippen LogP contribution in [0, 0.1) is 5.92 Å². The van der Waals surface area contributed by atoms with Crippen LogP contribution in [0.3, 0.4) is 0 Å². The predicted molar refractivity (Wildman–Crippen MR) is 71.8 cm³/mol. The fourth-order valence-corrected chi connectivity index (χ4v) is 1.97. The van der Waals surface area contributed by atoms with E-state index >= 15 is 0 Å². The monoisotopic (exact) mass is 268 g/mol. The number of likely N-dealkylation sites (N-methyl/N-ethyl adjacent to an activating group) is 1. The lowest BCUT2D eigenvalue weighted by Crippen LogP contribution is -2.37.